The molecule has 2 saturated carbocycles. The van der Waals surface area contributed by atoms with E-state index in [2.05, 4.69) is 46.9 Å². The van der Waals surface area contributed by atoms with Crippen molar-refractivity contribution in [2.24, 2.45) is 28.6 Å². The zero-order valence-corrected chi connectivity index (χ0v) is 14.8. The lowest BCUT2D eigenvalue weighted by Crippen LogP contribution is -2.42. The summed E-state index contributed by atoms with van der Waals surface area (Å²) in [6, 6.07) is 0.762. The van der Waals surface area contributed by atoms with Gasteiger partial charge in [-0.05, 0) is 54.4 Å². The number of rotatable bonds is 6. The van der Waals surface area contributed by atoms with Crippen LogP contribution in [0.15, 0.2) is 0 Å². The molecule has 0 bridgehead atoms. The van der Waals surface area contributed by atoms with Gasteiger partial charge in [-0.2, -0.15) is 0 Å². The fraction of sp³-hybridized carbons (Fsp3) is 1.00. The Hall–Kier alpha value is -0.0400. The minimum Gasteiger partial charge on any atom is -0.313 e. The third-order valence-corrected chi connectivity index (χ3v) is 7.10. The van der Waals surface area contributed by atoms with E-state index in [-0.39, 0.29) is 0 Å². The van der Waals surface area contributed by atoms with Crippen molar-refractivity contribution in [3.8, 4) is 0 Å². The summed E-state index contributed by atoms with van der Waals surface area (Å²) >= 11 is 0. The van der Waals surface area contributed by atoms with E-state index in [0.717, 1.165) is 23.8 Å². The quantitative estimate of drug-likeness (QED) is 0.700. The van der Waals surface area contributed by atoms with Crippen LogP contribution in [0.1, 0.15) is 80.1 Å². The van der Waals surface area contributed by atoms with Gasteiger partial charge in [-0.3, -0.25) is 0 Å². The van der Waals surface area contributed by atoms with Gasteiger partial charge in [0, 0.05) is 6.04 Å². The standard InChI is InChI=1S/C19H37N/c1-7-13-20-16(17-18(3,4)19(17,5)6)15-11-9-14(8-2)10-12-15/h14-17,20H,7-13H2,1-6H3. The van der Waals surface area contributed by atoms with Crippen molar-refractivity contribution in [3.63, 3.8) is 0 Å². The Kier molecular flexibility index (Phi) is 4.89. The predicted molar refractivity (Wildman–Crippen MR) is 88.9 cm³/mol. The van der Waals surface area contributed by atoms with E-state index in [1.165, 1.54) is 45.1 Å². The van der Waals surface area contributed by atoms with Gasteiger partial charge in [-0.25, -0.2) is 0 Å². The van der Waals surface area contributed by atoms with Crippen LogP contribution in [0, 0.1) is 28.6 Å². The molecule has 0 amide bonds. The van der Waals surface area contributed by atoms with Crippen molar-refractivity contribution in [1.82, 2.24) is 5.32 Å². The van der Waals surface area contributed by atoms with Crippen LogP contribution < -0.4 is 5.32 Å². The molecule has 20 heavy (non-hydrogen) atoms. The molecule has 1 N–H and O–H groups in total. The summed E-state index contributed by atoms with van der Waals surface area (Å²) in [4.78, 5) is 0. The average molecular weight is 280 g/mol. The molecule has 2 aliphatic rings. The SMILES string of the molecule is CCCNC(C1CCC(CC)CC1)C1C(C)(C)C1(C)C. The van der Waals surface area contributed by atoms with Gasteiger partial charge in [0.05, 0.1) is 0 Å². The number of nitrogens with one attached hydrogen (secondary N) is 1. The lowest BCUT2D eigenvalue weighted by atomic mass is 9.75. The third-order valence-electron chi connectivity index (χ3n) is 7.10. The average Bonchev–Trinajstić information content (AvgIpc) is 2.82. The van der Waals surface area contributed by atoms with Crippen LogP contribution in [0.3, 0.4) is 0 Å². The molecule has 2 rings (SSSR count). The molecule has 0 aromatic carbocycles. The molecule has 1 nitrogen and oxygen atoms in total. The molecule has 118 valence electrons. The van der Waals surface area contributed by atoms with Crippen LogP contribution in [-0.2, 0) is 0 Å². The highest BCUT2D eigenvalue weighted by Gasteiger charge is 2.67. The van der Waals surface area contributed by atoms with Crippen LogP contribution in [0.25, 0.3) is 0 Å². The van der Waals surface area contributed by atoms with Crippen molar-refractivity contribution in [1.29, 1.82) is 0 Å². The van der Waals surface area contributed by atoms with Crippen molar-refractivity contribution in [2.75, 3.05) is 6.54 Å². The molecule has 0 aliphatic heterocycles. The Bertz CT molecular complexity index is 296. The fourth-order valence-electron chi connectivity index (χ4n) is 4.97. The van der Waals surface area contributed by atoms with Crippen LogP contribution in [0.4, 0.5) is 0 Å². The lowest BCUT2D eigenvalue weighted by molar-refractivity contribution is 0.189. The smallest absolute Gasteiger partial charge is 0.0134 e. The molecule has 0 saturated heterocycles. The van der Waals surface area contributed by atoms with E-state index < -0.39 is 0 Å². The van der Waals surface area contributed by atoms with Gasteiger partial charge in [0.2, 0.25) is 0 Å². The minimum atomic E-state index is 0.514. The second-order valence-electron chi connectivity index (χ2n) is 8.59. The third kappa shape index (κ3) is 2.80. The molecule has 2 aliphatic carbocycles. The first-order valence-electron chi connectivity index (χ1n) is 9.09. The molecule has 2 fully saturated rings. The summed E-state index contributed by atoms with van der Waals surface area (Å²) < 4.78 is 0. The van der Waals surface area contributed by atoms with Gasteiger partial charge in [0.1, 0.15) is 0 Å². The van der Waals surface area contributed by atoms with Crippen LogP contribution in [0.5, 0.6) is 0 Å². The van der Waals surface area contributed by atoms with E-state index in [1.54, 1.807) is 0 Å². The molecule has 0 heterocycles. The zero-order chi connectivity index (χ0) is 15.0. The molecular weight excluding hydrogens is 242 g/mol. The Balaban J connectivity index is 2.02. The van der Waals surface area contributed by atoms with Crippen molar-refractivity contribution >= 4 is 0 Å². The van der Waals surface area contributed by atoms with E-state index in [1.807, 2.05) is 0 Å². The van der Waals surface area contributed by atoms with E-state index >= 15 is 0 Å². The first-order chi connectivity index (χ1) is 9.36. The lowest BCUT2D eigenvalue weighted by Gasteiger charge is -2.35. The Morgan fingerprint density at radius 2 is 1.50 bits per heavy atom. The Morgan fingerprint density at radius 1 is 0.950 bits per heavy atom. The van der Waals surface area contributed by atoms with Gasteiger partial charge in [-0.1, -0.05) is 60.8 Å². The van der Waals surface area contributed by atoms with Gasteiger partial charge < -0.3 is 5.32 Å². The first-order valence-corrected chi connectivity index (χ1v) is 9.09. The van der Waals surface area contributed by atoms with Gasteiger partial charge in [0.25, 0.3) is 0 Å². The molecule has 1 heteroatoms. The monoisotopic (exact) mass is 279 g/mol. The molecule has 0 aromatic rings. The van der Waals surface area contributed by atoms with Crippen LogP contribution >= 0.6 is 0 Å². The fourth-order valence-corrected chi connectivity index (χ4v) is 4.97. The maximum absolute atomic E-state index is 3.95. The second kappa shape index (κ2) is 5.99. The summed E-state index contributed by atoms with van der Waals surface area (Å²) in [7, 11) is 0. The normalized spacial score (nSPS) is 33.9. The summed E-state index contributed by atoms with van der Waals surface area (Å²) in [6.07, 6.45) is 8.51. The van der Waals surface area contributed by atoms with Gasteiger partial charge in [-0.15, -0.1) is 0 Å². The molecule has 1 unspecified atom stereocenters. The maximum atomic E-state index is 3.95. The molecular formula is C19H37N. The van der Waals surface area contributed by atoms with Crippen molar-refractivity contribution < 1.29 is 0 Å². The zero-order valence-electron chi connectivity index (χ0n) is 14.8. The summed E-state index contributed by atoms with van der Waals surface area (Å²) in [5.74, 6) is 2.80. The first kappa shape index (κ1) is 16.3. The highest BCUT2D eigenvalue weighted by atomic mass is 15.0. The highest BCUT2D eigenvalue weighted by Crippen LogP contribution is 2.70. The topological polar surface area (TPSA) is 12.0 Å². The molecule has 1 atom stereocenters. The minimum absolute atomic E-state index is 0.514. The van der Waals surface area contributed by atoms with Crippen LogP contribution in [-0.4, -0.2) is 12.6 Å². The Labute approximate surface area is 127 Å². The molecule has 0 spiro atoms. The molecule has 0 aromatic heterocycles. The maximum Gasteiger partial charge on any atom is 0.0134 e. The van der Waals surface area contributed by atoms with Crippen molar-refractivity contribution in [2.45, 2.75) is 86.1 Å². The van der Waals surface area contributed by atoms with E-state index in [4.69, 9.17) is 0 Å². The number of hydrogen-bond acceptors (Lipinski definition) is 1. The summed E-state index contributed by atoms with van der Waals surface area (Å²) in [6.45, 7) is 15.8. The van der Waals surface area contributed by atoms with Gasteiger partial charge >= 0.3 is 0 Å². The molecule has 0 radical (unpaired) electrons. The number of hydrogen-bond donors (Lipinski definition) is 1. The second-order valence-corrected chi connectivity index (χ2v) is 8.59. The summed E-state index contributed by atoms with van der Waals surface area (Å²) in [5, 5.41) is 3.95. The summed E-state index contributed by atoms with van der Waals surface area (Å²) in [5.41, 5.74) is 1.03. The van der Waals surface area contributed by atoms with Gasteiger partial charge in [0.15, 0.2) is 0 Å². The Morgan fingerprint density at radius 3 is 1.90 bits per heavy atom. The predicted octanol–water partition coefficient (Wildman–Crippen LogP) is 5.25. The van der Waals surface area contributed by atoms with E-state index in [9.17, 15) is 0 Å². The van der Waals surface area contributed by atoms with Crippen molar-refractivity contribution in [3.05, 3.63) is 0 Å². The van der Waals surface area contributed by atoms with Crippen LogP contribution in [0.2, 0.25) is 0 Å². The van der Waals surface area contributed by atoms with E-state index in [0.29, 0.717) is 10.8 Å². The largest absolute Gasteiger partial charge is 0.313 e. The highest BCUT2D eigenvalue weighted by molar-refractivity contribution is 5.17.